The van der Waals surface area contributed by atoms with Crippen molar-refractivity contribution in [3.05, 3.63) is 23.1 Å². The van der Waals surface area contributed by atoms with E-state index in [1.165, 1.54) is 11.3 Å². The van der Waals surface area contributed by atoms with Crippen LogP contribution < -0.4 is 0 Å². The summed E-state index contributed by atoms with van der Waals surface area (Å²) in [6.07, 6.45) is 7.27. The summed E-state index contributed by atoms with van der Waals surface area (Å²) in [6.45, 7) is 3.08. The van der Waals surface area contributed by atoms with E-state index < -0.39 is 0 Å². The number of ketones is 1. The largest absolute Gasteiger partial charge is 0.329 e. The molecule has 0 N–H and O–H groups in total. The Balaban J connectivity index is 2.02. The molecule has 0 saturated heterocycles. The minimum absolute atomic E-state index is 0.251. The van der Waals surface area contributed by atoms with Crippen molar-refractivity contribution in [3.8, 4) is 10.7 Å². The van der Waals surface area contributed by atoms with Crippen LogP contribution in [0.25, 0.3) is 10.7 Å². The highest BCUT2D eigenvalue weighted by molar-refractivity contribution is 7.17. The Kier molecular flexibility index (Phi) is 2.99. The summed E-state index contributed by atoms with van der Waals surface area (Å²) in [5, 5.41) is 0.932. The Hall–Kier alpha value is -1.49. The van der Waals surface area contributed by atoms with Crippen molar-refractivity contribution in [2.24, 2.45) is 0 Å². The molecule has 5 heteroatoms. The van der Waals surface area contributed by atoms with Gasteiger partial charge in [0.2, 0.25) is 0 Å². The molecule has 0 unspecified atom stereocenters. The summed E-state index contributed by atoms with van der Waals surface area (Å²) < 4.78 is 2.11. The smallest absolute Gasteiger partial charge is 0.174 e. The first-order valence-corrected chi connectivity index (χ1v) is 7.14. The molecule has 0 amide bonds. The first-order valence-electron chi connectivity index (χ1n) is 6.33. The number of Topliss-reactive ketones (excluding diaryl/α,β-unsaturated/α-hetero) is 1. The van der Waals surface area contributed by atoms with Crippen LogP contribution in [0.3, 0.4) is 0 Å². The number of aryl methyl sites for hydroxylation is 2. The maximum atomic E-state index is 11.8. The number of carbonyl (C=O) groups is 1. The van der Waals surface area contributed by atoms with Gasteiger partial charge >= 0.3 is 0 Å². The Morgan fingerprint density at radius 1 is 1.44 bits per heavy atom. The molecule has 0 aromatic carbocycles. The summed E-state index contributed by atoms with van der Waals surface area (Å²) >= 11 is 1.52. The highest BCUT2D eigenvalue weighted by atomic mass is 32.1. The Labute approximate surface area is 110 Å². The molecule has 0 fully saturated rings. The van der Waals surface area contributed by atoms with Crippen LogP contribution >= 0.6 is 11.3 Å². The zero-order chi connectivity index (χ0) is 12.5. The van der Waals surface area contributed by atoms with Crippen LogP contribution in [0.2, 0.25) is 0 Å². The minimum Gasteiger partial charge on any atom is -0.329 e. The lowest BCUT2D eigenvalue weighted by molar-refractivity contribution is 0.0976. The van der Waals surface area contributed by atoms with Gasteiger partial charge in [0.15, 0.2) is 5.78 Å². The summed E-state index contributed by atoms with van der Waals surface area (Å²) in [4.78, 5) is 21.5. The summed E-state index contributed by atoms with van der Waals surface area (Å²) in [5.74, 6) is 0.251. The van der Waals surface area contributed by atoms with Gasteiger partial charge < -0.3 is 4.57 Å². The molecule has 1 aliphatic rings. The topological polar surface area (TPSA) is 47.8 Å². The van der Waals surface area contributed by atoms with Crippen molar-refractivity contribution in [1.29, 1.82) is 0 Å². The molecule has 18 heavy (non-hydrogen) atoms. The van der Waals surface area contributed by atoms with Crippen LogP contribution in [0.15, 0.2) is 12.5 Å². The maximum Gasteiger partial charge on any atom is 0.174 e. The van der Waals surface area contributed by atoms with E-state index in [1.807, 2.05) is 12.5 Å². The lowest BCUT2D eigenvalue weighted by atomic mass is 10.0. The summed E-state index contributed by atoms with van der Waals surface area (Å²) in [7, 11) is 0. The molecule has 2 aromatic heterocycles. The molecule has 1 aliphatic carbocycles. The predicted octanol–water partition coefficient (Wildman–Crippen LogP) is 2.94. The van der Waals surface area contributed by atoms with Gasteiger partial charge in [-0.05, 0) is 19.3 Å². The van der Waals surface area contributed by atoms with Crippen molar-refractivity contribution >= 4 is 17.1 Å². The van der Waals surface area contributed by atoms with Gasteiger partial charge in [-0.3, -0.25) is 4.79 Å². The number of fused-ring (bicyclic) bond motifs is 1. The molecule has 4 nitrogen and oxygen atoms in total. The maximum absolute atomic E-state index is 11.8. The second-order valence-corrected chi connectivity index (χ2v) is 5.54. The van der Waals surface area contributed by atoms with Crippen LogP contribution in [-0.2, 0) is 13.0 Å². The minimum atomic E-state index is 0.251. The van der Waals surface area contributed by atoms with Crippen LogP contribution in [0.5, 0.6) is 0 Å². The van der Waals surface area contributed by atoms with Crippen molar-refractivity contribution in [2.45, 2.75) is 39.2 Å². The monoisotopic (exact) mass is 261 g/mol. The van der Waals surface area contributed by atoms with E-state index in [0.29, 0.717) is 6.42 Å². The molecule has 94 valence electrons. The third-order valence-corrected chi connectivity index (χ3v) is 4.33. The number of rotatable bonds is 3. The van der Waals surface area contributed by atoms with Crippen LogP contribution in [-0.4, -0.2) is 20.3 Å². The highest BCUT2D eigenvalue weighted by Gasteiger charge is 2.23. The van der Waals surface area contributed by atoms with Crippen LogP contribution in [0, 0.1) is 0 Å². The van der Waals surface area contributed by atoms with Crippen molar-refractivity contribution in [3.63, 3.8) is 0 Å². The van der Waals surface area contributed by atoms with Gasteiger partial charge in [0.05, 0.1) is 28.8 Å². The molecular formula is C13H15N3OS. The number of carbonyl (C=O) groups excluding carboxylic acids is 1. The number of hydrogen-bond donors (Lipinski definition) is 0. The van der Waals surface area contributed by atoms with E-state index in [4.69, 9.17) is 0 Å². The third-order valence-electron chi connectivity index (χ3n) is 3.16. The first-order chi connectivity index (χ1) is 8.79. The molecule has 0 atom stereocenters. The average molecular weight is 261 g/mol. The lowest BCUT2D eigenvalue weighted by Gasteiger charge is -2.06. The quantitative estimate of drug-likeness (QED) is 0.853. The number of aromatic nitrogens is 3. The second kappa shape index (κ2) is 4.65. The van der Waals surface area contributed by atoms with Gasteiger partial charge in [-0.15, -0.1) is 11.3 Å². The molecular weight excluding hydrogens is 246 g/mol. The number of hydrogen-bond acceptors (Lipinski definition) is 4. The van der Waals surface area contributed by atoms with Gasteiger partial charge in [-0.1, -0.05) is 6.92 Å². The fraction of sp³-hybridized carbons (Fsp3) is 0.462. The van der Waals surface area contributed by atoms with E-state index >= 15 is 0 Å². The highest BCUT2D eigenvalue weighted by Crippen LogP contribution is 2.32. The standard InChI is InChI=1S/C13H15N3OS/c1-2-6-16-8-14-7-10(16)13-15-9-4-3-5-11(17)12(9)18-13/h7-8H,2-6H2,1H3. The zero-order valence-electron chi connectivity index (χ0n) is 10.3. The number of thiazole rings is 1. The molecule has 0 spiro atoms. The molecule has 0 bridgehead atoms. The van der Waals surface area contributed by atoms with Gasteiger partial charge in [0.25, 0.3) is 0 Å². The van der Waals surface area contributed by atoms with E-state index in [1.54, 1.807) is 0 Å². The first kappa shape index (κ1) is 11.6. The SMILES string of the molecule is CCCn1cncc1-c1nc2c(s1)C(=O)CCC2. The van der Waals surface area contributed by atoms with E-state index in [9.17, 15) is 4.79 Å². The molecule has 3 rings (SSSR count). The predicted molar refractivity (Wildman–Crippen MR) is 70.9 cm³/mol. The molecule has 0 saturated carbocycles. The number of nitrogens with zero attached hydrogens (tertiary/aromatic N) is 3. The fourth-order valence-corrected chi connectivity index (χ4v) is 3.40. The van der Waals surface area contributed by atoms with Gasteiger partial charge in [-0.25, -0.2) is 9.97 Å². The molecule has 2 aromatic rings. The van der Waals surface area contributed by atoms with Crippen LogP contribution in [0.1, 0.15) is 41.6 Å². The second-order valence-electron chi connectivity index (χ2n) is 4.54. The Bertz CT molecular complexity index is 585. The molecule has 0 radical (unpaired) electrons. The van der Waals surface area contributed by atoms with Gasteiger partial charge in [0.1, 0.15) is 5.01 Å². The van der Waals surface area contributed by atoms with Crippen molar-refractivity contribution in [2.75, 3.05) is 0 Å². The van der Waals surface area contributed by atoms with E-state index in [2.05, 4.69) is 21.5 Å². The summed E-state index contributed by atoms with van der Waals surface area (Å²) in [6, 6.07) is 0. The van der Waals surface area contributed by atoms with Crippen molar-refractivity contribution < 1.29 is 4.79 Å². The van der Waals surface area contributed by atoms with E-state index in [0.717, 1.165) is 47.1 Å². The Morgan fingerprint density at radius 2 is 2.33 bits per heavy atom. The lowest BCUT2D eigenvalue weighted by Crippen LogP contribution is -2.07. The van der Waals surface area contributed by atoms with Crippen LogP contribution in [0.4, 0.5) is 0 Å². The third kappa shape index (κ3) is 1.88. The fourth-order valence-electron chi connectivity index (χ4n) is 2.30. The Morgan fingerprint density at radius 3 is 3.11 bits per heavy atom. The number of imidazole rings is 1. The zero-order valence-corrected chi connectivity index (χ0v) is 11.2. The van der Waals surface area contributed by atoms with Crippen molar-refractivity contribution in [1.82, 2.24) is 14.5 Å². The van der Waals surface area contributed by atoms with E-state index in [-0.39, 0.29) is 5.78 Å². The van der Waals surface area contributed by atoms with Gasteiger partial charge in [-0.2, -0.15) is 0 Å². The van der Waals surface area contributed by atoms with Gasteiger partial charge in [0, 0.05) is 13.0 Å². The normalized spacial score (nSPS) is 14.8. The molecule has 0 aliphatic heterocycles. The average Bonchev–Trinajstić information content (AvgIpc) is 2.95. The molecule has 2 heterocycles. The summed E-state index contributed by atoms with van der Waals surface area (Å²) in [5.41, 5.74) is 2.01.